The van der Waals surface area contributed by atoms with Crippen molar-refractivity contribution in [1.82, 2.24) is 15.1 Å². The number of hydrogen-bond acceptors (Lipinski definition) is 2. The van der Waals surface area contributed by atoms with Gasteiger partial charge in [-0.1, -0.05) is 0 Å². The van der Waals surface area contributed by atoms with E-state index >= 15 is 0 Å². The maximum absolute atomic E-state index is 11.5. The summed E-state index contributed by atoms with van der Waals surface area (Å²) in [7, 11) is 1.77. The lowest BCUT2D eigenvalue weighted by molar-refractivity contribution is 0.0749. The van der Waals surface area contributed by atoms with Crippen LogP contribution in [-0.4, -0.2) is 34.1 Å². The molecule has 0 unspecified atom stereocenters. The Morgan fingerprint density at radius 1 is 1.67 bits per heavy atom. The Morgan fingerprint density at radius 3 is 2.75 bits per heavy atom. The molecule has 0 aromatic carbocycles. The van der Waals surface area contributed by atoms with E-state index in [-0.39, 0.29) is 11.9 Å². The van der Waals surface area contributed by atoms with Crippen LogP contribution in [0.4, 0.5) is 0 Å². The van der Waals surface area contributed by atoms with Crippen LogP contribution >= 0.6 is 0 Å². The molecule has 1 heterocycles. The zero-order valence-corrected chi connectivity index (χ0v) is 7.53. The van der Waals surface area contributed by atoms with E-state index in [9.17, 15) is 4.79 Å². The van der Waals surface area contributed by atoms with Gasteiger partial charge in [-0.05, 0) is 19.9 Å². The van der Waals surface area contributed by atoms with Crippen molar-refractivity contribution in [3.63, 3.8) is 0 Å². The predicted molar refractivity (Wildman–Crippen MR) is 45.8 cm³/mol. The van der Waals surface area contributed by atoms with Gasteiger partial charge in [-0.15, -0.1) is 0 Å². The Kier molecular flexibility index (Phi) is 2.47. The van der Waals surface area contributed by atoms with Gasteiger partial charge in [-0.25, -0.2) is 0 Å². The third-order valence-electron chi connectivity index (χ3n) is 1.83. The Hall–Kier alpha value is -1.32. The first-order chi connectivity index (χ1) is 5.63. The summed E-state index contributed by atoms with van der Waals surface area (Å²) in [4.78, 5) is 13.2. The molecule has 66 valence electrons. The van der Waals surface area contributed by atoms with Crippen molar-refractivity contribution in [2.45, 2.75) is 19.9 Å². The summed E-state index contributed by atoms with van der Waals surface area (Å²) in [6, 6.07) is 1.88. The highest BCUT2D eigenvalue weighted by Crippen LogP contribution is 2.01. The molecule has 4 nitrogen and oxygen atoms in total. The predicted octanol–water partition coefficient (Wildman–Crippen LogP) is 0.890. The highest BCUT2D eigenvalue weighted by molar-refractivity contribution is 5.92. The zero-order chi connectivity index (χ0) is 9.14. The molecule has 1 amide bonds. The molecule has 0 fully saturated rings. The lowest BCUT2D eigenvalue weighted by Gasteiger charge is -2.20. The Bertz CT molecular complexity index is 253. The van der Waals surface area contributed by atoms with E-state index in [1.165, 1.54) is 0 Å². The average Bonchev–Trinajstić information content (AvgIpc) is 2.53. The molecule has 1 aromatic heterocycles. The molecule has 0 atom stereocenters. The molecular formula is C8H13N3O. The van der Waals surface area contributed by atoms with Crippen LogP contribution in [0.3, 0.4) is 0 Å². The second-order valence-electron chi connectivity index (χ2n) is 2.98. The SMILES string of the molecule is CC(C)N(C)C(=O)c1ccn[nH]1. The number of carbonyl (C=O) groups excluding carboxylic acids is 1. The van der Waals surface area contributed by atoms with Crippen molar-refractivity contribution < 1.29 is 4.79 Å². The van der Waals surface area contributed by atoms with Gasteiger partial charge in [-0.2, -0.15) is 5.10 Å². The topological polar surface area (TPSA) is 49.0 Å². The zero-order valence-electron chi connectivity index (χ0n) is 7.53. The normalized spacial score (nSPS) is 10.3. The highest BCUT2D eigenvalue weighted by Gasteiger charge is 2.14. The summed E-state index contributed by atoms with van der Waals surface area (Å²) >= 11 is 0. The van der Waals surface area contributed by atoms with Crippen LogP contribution in [0.25, 0.3) is 0 Å². The molecule has 0 radical (unpaired) electrons. The third-order valence-corrected chi connectivity index (χ3v) is 1.83. The summed E-state index contributed by atoms with van der Waals surface area (Å²) in [6.45, 7) is 3.93. The number of nitrogens with zero attached hydrogens (tertiary/aromatic N) is 2. The van der Waals surface area contributed by atoms with Gasteiger partial charge in [-0.3, -0.25) is 9.89 Å². The standard InChI is InChI=1S/C8H13N3O/c1-6(2)11(3)8(12)7-4-5-9-10-7/h4-6H,1-3H3,(H,9,10). The number of nitrogens with one attached hydrogen (secondary N) is 1. The number of aromatic nitrogens is 2. The van der Waals surface area contributed by atoms with E-state index < -0.39 is 0 Å². The van der Waals surface area contributed by atoms with Crippen LogP contribution in [0, 0.1) is 0 Å². The van der Waals surface area contributed by atoms with Crippen LogP contribution < -0.4 is 0 Å². The molecule has 0 aliphatic carbocycles. The fourth-order valence-electron chi connectivity index (χ4n) is 0.799. The van der Waals surface area contributed by atoms with Crippen LogP contribution in [0.15, 0.2) is 12.3 Å². The lowest BCUT2D eigenvalue weighted by Crippen LogP contribution is -2.33. The molecule has 12 heavy (non-hydrogen) atoms. The molecule has 0 aliphatic heterocycles. The van der Waals surface area contributed by atoms with Gasteiger partial charge >= 0.3 is 0 Å². The van der Waals surface area contributed by atoms with Crippen LogP contribution in [0.5, 0.6) is 0 Å². The summed E-state index contributed by atoms with van der Waals surface area (Å²) in [5, 5.41) is 6.34. The van der Waals surface area contributed by atoms with Gasteiger partial charge in [0.1, 0.15) is 5.69 Å². The molecule has 1 aromatic rings. The minimum atomic E-state index is -0.0255. The number of amides is 1. The van der Waals surface area contributed by atoms with Crippen molar-refractivity contribution in [1.29, 1.82) is 0 Å². The monoisotopic (exact) mass is 167 g/mol. The third kappa shape index (κ3) is 1.64. The maximum Gasteiger partial charge on any atom is 0.271 e. The summed E-state index contributed by atoms with van der Waals surface area (Å²) in [5.41, 5.74) is 0.534. The Labute approximate surface area is 71.6 Å². The molecule has 1 rings (SSSR count). The number of aromatic amines is 1. The molecule has 0 saturated carbocycles. The minimum absolute atomic E-state index is 0.0255. The molecule has 0 aliphatic rings. The van der Waals surface area contributed by atoms with Gasteiger partial charge in [0.05, 0.1) is 0 Å². The van der Waals surface area contributed by atoms with E-state index in [0.29, 0.717) is 5.69 Å². The number of rotatable bonds is 2. The smallest absolute Gasteiger partial charge is 0.271 e. The molecule has 4 heteroatoms. The van der Waals surface area contributed by atoms with Crippen LogP contribution in [0.1, 0.15) is 24.3 Å². The molecule has 0 bridgehead atoms. The van der Waals surface area contributed by atoms with Crippen LogP contribution in [-0.2, 0) is 0 Å². The second kappa shape index (κ2) is 3.38. The fourth-order valence-corrected chi connectivity index (χ4v) is 0.799. The first kappa shape index (κ1) is 8.77. The van der Waals surface area contributed by atoms with Crippen molar-refractivity contribution in [3.8, 4) is 0 Å². The van der Waals surface area contributed by atoms with Crippen molar-refractivity contribution in [2.75, 3.05) is 7.05 Å². The van der Waals surface area contributed by atoms with Gasteiger partial charge in [0.25, 0.3) is 5.91 Å². The largest absolute Gasteiger partial charge is 0.338 e. The van der Waals surface area contributed by atoms with Crippen molar-refractivity contribution >= 4 is 5.91 Å². The van der Waals surface area contributed by atoms with Gasteiger partial charge in [0.2, 0.25) is 0 Å². The summed E-state index contributed by atoms with van der Waals surface area (Å²) in [6.07, 6.45) is 1.57. The molecule has 0 spiro atoms. The highest BCUT2D eigenvalue weighted by atomic mass is 16.2. The van der Waals surface area contributed by atoms with E-state index in [2.05, 4.69) is 10.2 Å². The summed E-state index contributed by atoms with van der Waals surface area (Å²) in [5.74, 6) is -0.0255. The summed E-state index contributed by atoms with van der Waals surface area (Å²) < 4.78 is 0. The van der Waals surface area contributed by atoms with E-state index in [1.54, 1.807) is 24.2 Å². The minimum Gasteiger partial charge on any atom is -0.338 e. The van der Waals surface area contributed by atoms with Crippen LogP contribution in [0.2, 0.25) is 0 Å². The second-order valence-corrected chi connectivity index (χ2v) is 2.98. The van der Waals surface area contributed by atoms with E-state index in [0.717, 1.165) is 0 Å². The first-order valence-electron chi connectivity index (χ1n) is 3.89. The Morgan fingerprint density at radius 2 is 2.33 bits per heavy atom. The molecule has 0 saturated heterocycles. The van der Waals surface area contributed by atoms with Crippen molar-refractivity contribution in [3.05, 3.63) is 18.0 Å². The fraction of sp³-hybridized carbons (Fsp3) is 0.500. The lowest BCUT2D eigenvalue weighted by atomic mass is 10.3. The quantitative estimate of drug-likeness (QED) is 0.711. The number of hydrogen-bond donors (Lipinski definition) is 1. The maximum atomic E-state index is 11.5. The van der Waals surface area contributed by atoms with Gasteiger partial charge in [0.15, 0.2) is 0 Å². The van der Waals surface area contributed by atoms with E-state index in [1.807, 2.05) is 13.8 Å². The molecular weight excluding hydrogens is 154 g/mol. The first-order valence-corrected chi connectivity index (χ1v) is 3.89. The number of carbonyl (C=O) groups is 1. The van der Waals surface area contributed by atoms with Gasteiger partial charge < -0.3 is 4.90 Å². The Balaban J connectivity index is 2.72. The van der Waals surface area contributed by atoms with E-state index in [4.69, 9.17) is 0 Å². The van der Waals surface area contributed by atoms with Gasteiger partial charge in [0, 0.05) is 19.3 Å². The average molecular weight is 167 g/mol. The molecule has 1 N–H and O–H groups in total. The van der Waals surface area contributed by atoms with Crippen molar-refractivity contribution in [2.24, 2.45) is 0 Å². The number of H-pyrrole nitrogens is 1.